The molecule has 0 fully saturated rings. The summed E-state index contributed by atoms with van der Waals surface area (Å²) >= 11 is 1.99. The molecular weight excluding hydrogens is 246 g/mol. The van der Waals surface area contributed by atoms with Crippen molar-refractivity contribution in [3.63, 3.8) is 0 Å². The lowest BCUT2D eigenvalue weighted by Gasteiger charge is -2.13. The molecule has 1 heterocycles. The highest BCUT2D eigenvalue weighted by Gasteiger charge is 2.14. The normalized spacial score (nSPS) is 12.7. The number of aromatic nitrogens is 2. The number of thioether (sulfide) groups is 1. The number of rotatable bonds is 8. The second-order valence-corrected chi connectivity index (χ2v) is 5.86. The fourth-order valence-electron chi connectivity index (χ4n) is 1.92. The molecule has 1 N–H and O–H groups in total. The van der Waals surface area contributed by atoms with Gasteiger partial charge in [-0.15, -0.1) is 0 Å². The molecule has 18 heavy (non-hydrogen) atoms. The van der Waals surface area contributed by atoms with Crippen LogP contribution in [-0.2, 0) is 13.6 Å². The largest absolute Gasteiger partial charge is 0.481 e. The minimum absolute atomic E-state index is 0.522. The lowest BCUT2D eigenvalue weighted by atomic mass is 10.2. The van der Waals surface area contributed by atoms with Crippen molar-refractivity contribution in [2.24, 2.45) is 7.05 Å². The molecule has 104 valence electrons. The van der Waals surface area contributed by atoms with Gasteiger partial charge in [-0.25, -0.2) is 4.68 Å². The maximum Gasteiger partial charge on any atom is 0.216 e. The summed E-state index contributed by atoms with van der Waals surface area (Å²) in [5.74, 6) is 3.27. The molecule has 5 heteroatoms. The minimum atomic E-state index is 0.522. The van der Waals surface area contributed by atoms with E-state index < -0.39 is 0 Å². The molecule has 1 aromatic heterocycles. The third-order valence-electron chi connectivity index (χ3n) is 3.01. The molecule has 1 atom stereocenters. The van der Waals surface area contributed by atoms with E-state index in [2.05, 4.69) is 24.3 Å². The van der Waals surface area contributed by atoms with Gasteiger partial charge < -0.3 is 10.1 Å². The van der Waals surface area contributed by atoms with Crippen molar-refractivity contribution >= 4 is 11.8 Å². The molecule has 0 aromatic carbocycles. The average molecular weight is 271 g/mol. The highest BCUT2D eigenvalue weighted by molar-refractivity contribution is 7.99. The Balaban J connectivity index is 2.47. The van der Waals surface area contributed by atoms with Crippen LogP contribution in [0.25, 0.3) is 0 Å². The van der Waals surface area contributed by atoms with Crippen molar-refractivity contribution in [2.75, 3.05) is 18.6 Å². The van der Waals surface area contributed by atoms with Gasteiger partial charge in [0, 0.05) is 19.6 Å². The Hall–Kier alpha value is -0.680. The van der Waals surface area contributed by atoms with Crippen LogP contribution in [0.5, 0.6) is 5.88 Å². The zero-order valence-electron chi connectivity index (χ0n) is 12.1. The topological polar surface area (TPSA) is 39.1 Å². The Bertz CT molecular complexity index is 365. The Morgan fingerprint density at radius 2 is 2.22 bits per heavy atom. The van der Waals surface area contributed by atoms with Crippen LogP contribution in [0.15, 0.2) is 0 Å². The van der Waals surface area contributed by atoms with E-state index in [0.717, 1.165) is 23.7 Å². The molecule has 1 rings (SSSR count). The first-order chi connectivity index (χ1) is 8.60. The van der Waals surface area contributed by atoms with E-state index in [1.165, 1.54) is 17.9 Å². The number of hydrogen-bond donors (Lipinski definition) is 1. The smallest absolute Gasteiger partial charge is 0.216 e. The summed E-state index contributed by atoms with van der Waals surface area (Å²) in [6.45, 7) is 7.28. The van der Waals surface area contributed by atoms with Crippen LogP contribution in [0, 0.1) is 6.92 Å². The maximum absolute atomic E-state index is 5.38. The molecule has 4 nitrogen and oxygen atoms in total. The quantitative estimate of drug-likeness (QED) is 0.737. The summed E-state index contributed by atoms with van der Waals surface area (Å²) < 4.78 is 7.18. The maximum atomic E-state index is 5.38. The lowest BCUT2D eigenvalue weighted by Crippen LogP contribution is -2.26. The van der Waals surface area contributed by atoms with Gasteiger partial charge in [-0.1, -0.05) is 6.92 Å². The van der Waals surface area contributed by atoms with Crippen molar-refractivity contribution in [3.8, 4) is 5.88 Å². The summed E-state index contributed by atoms with van der Waals surface area (Å²) in [7, 11) is 3.61. The molecule has 0 radical (unpaired) electrons. The second kappa shape index (κ2) is 7.69. The monoisotopic (exact) mass is 271 g/mol. The fourth-order valence-corrected chi connectivity index (χ4v) is 2.73. The summed E-state index contributed by atoms with van der Waals surface area (Å²) in [5, 5.41) is 7.92. The standard InChI is InChI=1S/C13H25N3OS/c1-6-18-8-7-10(2)14-9-12-11(3)15-16(4)13(12)17-5/h10,14H,6-9H2,1-5H3. The highest BCUT2D eigenvalue weighted by atomic mass is 32.2. The van der Waals surface area contributed by atoms with Crippen molar-refractivity contribution < 1.29 is 4.74 Å². The SMILES string of the molecule is CCSCCC(C)NCc1c(C)nn(C)c1OC. The first-order valence-electron chi connectivity index (χ1n) is 6.47. The zero-order valence-corrected chi connectivity index (χ0v) is 12.9. The van der Waals surface area contributed by atoms with Gasteiger partial charge in [-0.05, 0) is 31.8 Å². The first kappa shape index (κ1) is 15.4. The van der Waals surface area contributed by atoms with Gasteiger partial charge in [-0.2, -0.15) is 16.9 Å². The predicted molar refractivity (Wildman–Crippen MR) is 78.4 cm³/mol. The van der Waals surface area contributed by atoms with Crippen LogP contribution >= 0.6 is 11.8 Å². The number of hydrogen-bond acceptors (Lipinski definition) is 4. The molecule has 0 amide bonds. The van der Waals surface area contributed by atoms with E-state index in [-0.39, 0.29) is 0 Å². The molecule has 1 unspecified atom stereocenters. The van der Waals surface area contributed by atoms with Gasteiger partial charge in [0.05, 0.1) is 18.4 Å². The Morgan fingerprint density at radius 3 is 2.83 bits per heavy atom. The van der Waals surface area contributed by atoms with E-state index in [0.29, 0.717) is 6.04 Å². The molecule has 0 saturated heterocycles. The van der Waals surface area contributed by atoms with E-state index in [1.54, 1.807) is 11.8 Å². The first-order valence-corrected chi connectivity index (χ1v) is 7.63. The molecule has 0 aliphatic heterocycles. The van der Waals surface area contributed by atoms with Crippen molar-refractivity contribution in [1.29, 1.82) is 0 Å². The molecule has 0 bridgehead atoms. The zero-order chi connectivity index (χ0) is 13.5. The van der Waals surface area contributed by atoms with Crippen LogP contribution in [0.2, 0.25) is 0 Å². The third kappa shape index (κ3) is 4.21. The van der Waals surface area contributed by atoms with Gasteiger partial charge in [0.2, 0.25) is 5.88 Å². The van der Waals surface area contributed by atoms with E-state index in [4.69, 9.17) is 4.74 Å². The molecule has 0 aliphatic rings. The van der Waals surface area contributed by atoms with E-state index in [9.17, 15) is 0 Å². The predicted octanol–water partition coefficient (Wildman–Crippen LogP) is 2.36. The average Bonchev–Trinajstić information content (AvgIpc) is 2.61. The Kier molecular flexibility index (Phi) is 6.57. The van der Waals surface area contributed by atoms with E-state index in [1.807, 2.05) is 25.7 Å². The van der Waals surface area contributed by atoms with Gasteiger partial charge in [0.15, 0.2) is 0 Å². The third-order valence-corrected chi connectivity index (χ3v) is 3.94. The number of aryl methyl sites for hydroxylation is 2. The lowest BCUT2D eigenvalue weighted by molar-refractivity contribution is 0.366. The number of methoxy groups -OCH3 is 1. The van der Waals surface area contributed by atoms with Crippen LogP contribution in [-0.4, -0.2) is 34.4 Å². The molecule has 0 aliphatic carbocycles. The fraction of sp³-hybridized carbons (Fsp3) is 0.769. The minimum Gasteiger partial charge on any atom is -0.481 e. The molecule has 0 saturated carbocycles. The summed E-state index contributed by atoms with van der Waals surface area (Å²) in [5.41, 5.74) is 2.20. The number of nitrogens with one attached hydrogen (secondary N) is 1. The van der Waals surface area contributed by atoms with Crippen molar-refractivity contribution in [3.05, 3.63) is 11.3 Å². The highest BCUT2D eigenvalue weighted by Crippen LogP contribution is 2.20. The van der Waals surface area contributed by atoms with Gasteiger partial charge >= 0.3 is 0 Å². The number of nitrogens with zero attached hydrogens (tertiary/aromatic N) is 2. The van der Waals surface area contributed by atoms with Crippen LogP contribution in [0.1, 0.15) is 31.5 Å². The summed E-state index contributed by atoms with van der Waals surface area (Å²) in [4.78, 5) is 0. The second-order valence-electron chi connectivity index (χ2n) is 4.46. The van der Waals surface area contributed by atoms with E-state index >= 15 is 0 Å². The van der Waals surface area contributed by atoms with Crippen molar-refractivity contribution in [1.82, 2.24) is 15.1 Å². The Labute approximate surface area is 114 Å². The van der Waals surface area contributed by atoms with Crippen LogP contribution < -0.4 is 10.1 Å². The van der Waals surface area contributed by atoms with Gasteiger partial charge in [-0.3, -0.25) is 0 Å². The summed E-state index contributed by atoms with van der Waals surface area (Å²) in [6.07, 6.45) is 1.19. The van der Waals surface area contributed by atoms with Crippen LogP contribution in [0.4, 0.5) is 0 Å². The van der Waals surface area contributed by atoms with Crippen LogP contribution in [0.3, 0.4) is 0 Å². The van der Waals surface area contributed by atoms with Gasteiger partial charge in [0.25, 0.3) is 0 Å². The van der Waals surface area contributed by atoms with Crippen molar-refractivity contribution in [2.45, 2.75) is 39.8 Å². The molecular formula is C13H25N3OS. The molecule has 0 spiro atoms. The number of ether oxygens (including phenoxy) is 1. The molecule has 1 aromatic rings. The summed E-state index contributed by atoms with van der Waals surface area (Å²) in [6, 6.07) is 0.522. The Morgan fingerprint density at radius 1 is 1.50 bits per heavy atom. The van der Waals surface area contributed by atoms with Gasteiger partial charge in [0.1, 0.15) is 0 Å².